The number of likely N-dealkylation sites (N-methyl/N-ethyl adjacent to an activating group) is 1. The van der Waals surface area contributed by atoms with Crippen molar-refractivity contribution < 1.29 is 4.74 Å². The zero-order chi connectivity index (χ0) is 22.3. The number of rotatable bonds is 8. The number of thioether (sulfide) groups is 1. The third-order valence-electron chi connectivity index (χ3n) is 5.14. The standard InChI is InChI=1S/C24H28N6OS/c1-4-7-19(2)32-22-17-25-24(29-14-12-28(3)13-15-29)27-23(22)31-18-20-8-5-9-21(16-20)30-11-6-10-26-30/h4-11,16-17H,2,12-15,18H2,1,3H3. The van der Waals surface area contributed by atoms with Crippen LogP contribution in [-0.2, 0) is 6.61 Å². The van der Waals surface area contributed by atoms with Gasteiger partial charge in [-0.2, -0.15) is 10.1 Å². The molecule has 0 bridgehead atoms. The van der Waals surface area contributed by atoms with Crippen molar-refractivity contribution >= 4 is 17.7 Å². The second kappa shape index (κ2) is 10.5. The Kier molecular flexibility index (Phi) is 7.24. The van der Waals surface area contributed by atoms with Crippen LogP contribution in [0.1, 0.15) is 12.5 Å². The van der Waals surface area contributed by atoms with E-state index in [9.17, 15) is 0 Å². The number of aromatic nitrogens is 4. The van der Waals surface area contributed by atoms with Gasteiger partial charge >= 0.3 is 0 Å². The van der Waals surface area contributed by atoms with E-state index in [2.05, 4.69) is 39.6 Å². The molecule has 32 heavy (non-hydrogen) atoms. The lowest BCUT2D eigenvalue weighted by Gasteiger charge is -2.32. The van der Waals surface area contributed by atoms with E-state index in [-0.39, 0.29) is 0 Å². The molecule has 1 aromatic carbocycles. The van der Waals surface area contributed by atoms with E-state index in [4.69, 9.17) is 9.72 Å². The highest BCUT2D eigenvalue weighted by atomic mass is 32.2. The Labute approximate surface area is 193 Å². The minimum absolute atomic E-state index is 0.401. The Balaban J connectivity index is 1.55. The molecule has 0 radical (unpaired) electrons. The monoisotopic (exact) mass is 448 g/mol. The maximum Gasteiger partial charge on any atom is 0.232 e. The molecule has 0 aliphatic carbocycles. The van der Waals surface area contributed by atoms with Crippen molar-refractivity contribution in [3.63, 3.8) is 0 Å². The molecule has 0 amide bonds. The van der Waals surface area contributed by atoms with Crippen LogP contribution in [0.3, 0.4) is 0 Å². The summed E-state index contributed by atoms with van der Waals surface area (Å²) in [5.41, 5.74) is 2.04. The number of hydrogen-bond donors (Lipinski definition) is 0. The molecule has 8 heteroatoms. The van der Waals surface area contributed by atoms with Crippen LogP contribution in [0.4, 0.5) is 5.95 Å². The van der Waals surface area contributed by atoms with E-state index in [1.165, 1.54) is 11.8 Å². The van der Waals surface area contributed by atoms with Crippen LogP contribution in [0.15, 0.2) is 77.5 Å². The fraction of sp³-hybridized carbons (Fsp3) is 0.292. The summed E-state index contributed by atoms with van der Waals surface area (Å²) in [5, 5.41) is 4.31. The molecule has 0 N–H and O–H groups in total. The molecule has 0 spiro atoms. The lowest BCUT2D eigenvalue weighted by atomic mass is 10.2. The predicted octanol–water partition coefficient (Wildman–Crippen LogP) is 4.18. The molecule has 1 saturated heterocycles. The SMILES string of the molecule is C=C(C=CC)Sc1cnc(N2CCN(C)CC2)nc1OCc1cccc(-n2cccn2)c1. The molecule has 1 fully saturated rings. The van der Waals surface area contributed by atoms with Gasteiger partial charge in [-0.25, -0.2) is 9.67 Å². The molecule has 0 saturated carbocycles. The van der Waals surface area contributed by atoms with E-state index in [1.807, 2.05) is 60.4 Å². The number of allylic oxidation sites excluding steroid dienone is 2. The average Bonchev–Trinajstić information content (AvgIpc) is 3.34. The Hall–Kier alpha value is -3.10. The first-order valence-corrected chi connectivity index (χ1v) is 11.5. The van der Waals surface area contributed by atoms with Gasteiger partial charge in [-0.1, -0.05) is 42.6 Å². The minimum atomic E-state index is 0.401. The molecule has 3 aromatic rings. The number of piperazine rings is 1. The molecule has 0 atom stereocenters. The molecule has 2 aromatic heterocycles. The molecular weight excluding hydrogens is 420 g/mol. The third-order valence-corrected chi connectivity index (χ3v) is 6.04. The lowest BCUT2D eigenvalue weighted by molar-refractivity contribution is 0.283. The van der Waals surface area contributed by atoms with Gasteiger partial charge in [-0.05, 0) is 37.7 Å². The zero-order valence-corrected chi connectivity index (χ0v) is 19.3. The molecule has 1 aliphatic heterocycles. The van der Waals surface area contributed by atoms with Gasteiger partial charge < -0.3 is 14.5 Å². The van der Waals surface area contributed by atoms with E-state index < -0.39 is 0 Å². The van der Waals surface area contributed by atoms with Crippen molar-refractivity contribution in [3.8, 4) is 11.6 Å². The maximum atomic E-state index is 6.22. The predicted molar refractivity (Wildman–Crippen MR) is 129 cm³/mol. The smallest absolute Gasteiger partial charge is 0.232 e. The summed E-state index contributed by atoms with van der Waals surface area (Å²) in [6.07, 6.45) is 9.47. The van der Waals surface area contributed by atoms with Crippen molar-refractivity contribution in [1.82, 2.24) is 24.6 Å². The van der Waals surface area contributed by atoms with Gasteiger partial charge in [0.2, 0.25) is 11.8 Å². The van der Waals surface area contributed by atoms with Gasteiger partial charge in [0.1, 0.15) is 6.61 Å². The van der Waals surface area contributed by atoms with Crippen LogP contribution >= 0.6 is 11.8 Å². The van der Waals surface area contributed by atoms with Gasteiger partial charge in [-0.15, -0.1) is 0 Å². The molecule has 1 aliphatic rings. The number of ether oxygens (including phenoxy) is 1. The molecule has 0 unspecified atom stereocenters. The second-order valence-corrected chi connectivity index (χ2v) is 8.78. The van der Waals surface area contributed by atoms with Crippen LogP contribution in [0, 0.1) is 0 Å². The Morgan fingerprint density at radius 1 is 1.22 bits per heavy atom. The van der Waals surface area contributed by atoms with Gasteiger partial charge in [0.25, 0.3) is 0 Å². The van der Waals surface area contributed by atoms with Crippen molar-refractivity contribution in [1.29, 1.82) is 0 Å². The highest BCUT2D eigenvalue weighted by Gasteiger charge is 2.19. The zero-order valence-electron chi connectivity index (χ0n) is 18.5. The van der Waals surface area contributed by atoms with Gasteiger partial charge in [0.15, 0.2) is 0 Å². The van der Waals surface area contributed by atoms with E-state index in [0.29, 0.717) is 18.4 Å². The Morgan fingerprint density at radius 2 is 2.06 bits per heavy atom. The Morgan fingerprint density at radius 3 is 2.81 bits per heavy atom. The van der Waals surface area contributed by atoms with Crippen molar-refractivity contribution in [3.05, 3.63) is 78.1 Å². The summed E-state index contributed by atoms with van der Waals surface area (Å²) < 4.78 is 8.06. The molecular formula is C24H28N6OS. The summed E-state index contributed by atoms with van der Waals surface area (Å²) in [7, 11) is 2.14. The summed E-state index contributed by atoms with van der Waals surface area (Å²) in [6.45, 7) is 10.3. The molecule has 3 heterocycles. The van der Waals surface area contributed by atoms with E-state index in [0.717, 1.165) is 47.2 Å². The van der Waals surface area contributed by atoms with Crippen LogP contribution in [0.2, 0.25) is 0 Å². The van der Waals surface area contributed by atoms with Crippen LogP contribution in [0.25, 0.3) is 5.69 Å². The quantitative estimate of drug-likeness (QED) is 0.379. The minimum Gasteiger partial charge on any atom is -0.472 e. The van der Waals surface area contributed by atoms with E-state index >= 15 is 0 Å². The van der Waals surface area contributed by atoms with Crippen LogP contribution in [-0.4, -0.2) is 57.9 Å². The van der Waals surface area contributed by atoms with Crippen molar-refractivity contribution in [2.75, 3.05) is 38.1 Å². The van der Waals surface area contributed by atoms with Gasteiger partial charge in [-0.3, -0.25) is 0 Å². The number of nitrogens with zero attached hydrogens (tertiary/aromatic N) is 6. The Bertz CT molecular complexity index is 1070. The lowest BCUT2D eigenvalue weighted by Crippen LogP contribution is -2.45. The molecule has 7 nitrogen and oxygen atoms in total. The maximum absolute atomic E-state index is 6.22. The summed E-state index contributed by atoms with van der Waals surface area (Å²) in [5.74, 6) is 1.29. The summed E-state index contributed by atoms with van der Waals surface area (Å²) in [6, 6.07) is 10.1. The van der Waals surface area contributed by atoms with Crippen LogP contribution < -0.4 is 9.64 Å². The van der Waals surface area contributed by atoms with E-state index in [1.54, 1.807) is 6.20 Å². The fourth-order valence-electron chi connectivity index (χ4n) is 3.40. The average molecular weight is 449 g/mol. The van der Waals surface area contributed by atoms with Crippen LogP contribution in [0.5, 0.6) is 5.88 Å². The highest BCUT2D eigenvalue weighted by molar-refractivity contribution is 8.03. The first-order valence-electron chi connectivity index (χ1n) is 10.6. The molecule has 4 rings (SSSR count). The fourth-order valence-corrected chi connectivity index (χ4v) is 4.19. The van der Waals surface area contributed by atoms with Crippen molar-refractivity contribution in [2.24, 2.45) is 0 Å². The first kappa shape index (κ1) is 22.1. The highest BCUT2D eigenvalue weighted by Crippen LogP contribution is 2.34. The normalized spacial score (nSPS) is 14.8. The topological polar surface area (TPSA) is 59.3 Å². The third kappa shape index (κ3) is 5.57. The first-order chi connectivity index (χ1) is 15.6. The largest absolute Gasteiger partial charge is 0.472 e. The number of anilines is 1. The second-order valence-electron chi connectivity index (χ2n) is 7.61. The number of benzene rings is 1. The molecule has 166 valence electrons. The number of hydrogen-bond acceptors (Lipinski definition) is 7. The summed E-state index contributed by atoms with van der Waals surface area (Å²) in [4.78, 5) is 15.7. The summed E-state index contributed by atoms with van der Waals surface area (Å²) >= 11 is 1.51. The van der Waals surface area contributed by atoms with Gasteiger partial charge in [0, 0.05) is 43.5 Å². The van der Waals surface area contributed by atoms with Crippen molar-refractivity contribution in [2.45, 2.75) is 18.4 Å². The van der Waals surface area contributed by atoms with Gasteiger partial charge in [0.05, 0.1) is 16.8 Å².